The molecule has 1 atom stereocenters. The number of anilines is 3. The highest BCUT2D eigenvalue weighted by Gasteiger charge is 2.47. The molecule has 1 heterocycles. The number of Topliss-reactive ketones (excluding diaryl/α,β-unsaturated/α-hetero) is 1. The Labute approximate surface area is 218 Å². The van der Waals surface area contributed by atoms with E-state index in [1.807, 2.05) is 50.2 Å². The van der Waals surface area contributed by atoms with Crippen molar-refractivity contribution in [1.82, 2.24) is 0 Å². The topological polar surface area (TPSA) is 90.0 Å². The molecule has 3 aromatic rings. The van der Waals surface area contributed by atoms with Crippen molar-refractivity contribution in [2.75, 3.05) is 29.2 Å². The molecule has 36 heavy (non-hydrogen) atoms. The van der Waals surface area contributed by atoms with Gasteiger partial charge in [-0.05, 0) is 66.6 Å². The minimum Gasteiger partial charge on any atom is -0.507 e. The van der Waals surface area contributed by atoms with Crippen LogP contribution < -0.4 is 15.1 Å². The number of amides is 2. The highest BCUT2D eigenvalue weighted by molar-refractivity contribution is 9.10. The van der Waals surface area contributed by atoms with E-state index in [1.54, 1.807) is 42.5 Å². The van der Waals surface area contributed by atoms with Gasteiger partial charge in [-0.15, -0.1) is 0 Å². The molecule has 0 spiro atoms. The number of benzene rings is 3. The molecule has 0 aromatic heterocycles. The van der Waals surface area contributed by atoms with E-state index in [0.29, 0.717) is 22.5 Å². The maximum atomic E-state index is 13.3. The zero-order chi connectivity index (χ0) is 26.1. The fourth-order valence-corrected chi connectivity index (χ4v) is 4.47. The molecule has 0 saturated carbocycles. The average Bonchev–Trinajstić information content (AvgIpc) is 3.11. The van der Waals surface area contributed by atoms with Gasteiger partial charge in [0, 0.05) is 48.1 Å². The van der Waals surface area contributed by atoms with Crippen LogP contribution >= 0.6 is 15.9 Å². The third-order valence-corrected chi connectivity index (χ3v) is 6.96. The Kier molecular flexibility index (Phi) is 6.99. The van der Waals surface area contributed by atoms with Gasteiger partial charge in [-0.3, -0.25) is 19.3 Å². The summed E-state index contributed by atoms with van der Waals surface area (Å²) < 4.78 is 0.870. The molecule has 1 saturated heterocycles. The summed E-state index contributed by atoms with van der Waals surface area (Å²) in [6.07, 6.45) is 0. The average molecular weight is 548 g/mol. The van der Waals surface area contributed by atoms with Crippen LogP contribution in [0.25, 0.3) is 5.76 Å². The summed E-state index contributed by atoms with van der Waals surface area (Å²) in [6, 6.07) is 18.6. The van der Waals surface area contributed by atoms with E-state index in [0.717, 1.165) is 15.7 Å². The fourth-order valence-electron chi connectivity index (χ4n) is 4.23. The highest BCUT2D eigenvalue weighted by Crippen LogP contribution is 2.43. The quantitative estimate of drug-likeness (QED) is 0.253. The van der Waals surface area contributed by atoms with Crippen LogP contribution in [0.5, 0.6) is 0 Å². The van der Waals surface area contributed by atoms with Gasteiger partial charge in [0.2, 0.25) is 5.91 Å². The van der Waals surface area contributed by atoms with E-state index in [9.17, 15) is 19.5 Å². The van der Waals surface area contributed by atoms with Gasteiger partial charge in [-0.25, -0.2) is 0 Å². The van der Waals surface area contributed by atoms with Crippen LogP contribution in [0.1, 0.15) is 29.7 Å². The molecule has 1 aliphatic heterocycles. The first-order chi connectivity index (χ1) is 17.1. The van der Waals surface area contributed by atoms with Crippen LogP contribution in [-0.4, -0.2) is 36.8 Å². The zero-order valence-corrected chi connectivity index (χ0v) is 22.0. The van der Waals surface area contributed by atoms with Gasteiger partial charge in [0.05, 0.1) is 11.6 Å². The third-order valence-electron chi connectivity index (χ3n) is 6.07. The van der Waals surface area contributed by atoms with E-state index >= 15 is 0 Å². The molecule has 8 heteroatoms. The molecular formula is C28H26BrN3O4. The number of nitrogens with zero attached hydrogens (tertiary/aromatic N) is 2. The first-order valence-corrected chi connectivity index (χ1v) is 12.1. The number of carbonyl (C=O) groups excluding carboxylic acids is 3. The van der Waals surface area contributed by atoms with E-state index in [2.05, 4.69) is 21.2 Å². The van der Waals surface area contributed by atoms with E-state index < -0.39 is 17.7 Å². The van der Waals surface area contributed by atoms with Crippen molar-refractivity contribution >= 4 is 56.3 Å². The van der Waals surface area contributed by atoms with Crippen molar-refractivity contribution in [3.8, 4) is 0 Å². The lowest BCUT2D eigenvalue weighted by Gasteiger charge is -2.26. The van der Waals surface area contributed by atoms with Crippen LogP contribution in [0.2, 0.25) is 0 Å². The predicted molar refractivity (Wildman–Crippen MR) is 145 cm³/mol. The maximum Gasteiger partial charge on any atom is 0.300 e. The lowest BCUT2D eigenvalue weighted by Crippen LogP contribution is -2.29. The van der Waals surface area contributed by atoms with Gasteiger partial charge in [-0.1, -0.05) is 34.1 Å². The Hall–Kier alpha value is -3.91. The van der Waals surface area contributed by atoms with Crippen LogP contribution in [-0.2, 0) is 14.4 Å². The molecule has 7 nitrogen and oxygen atoms in total. The second-order valence-corrected chi connectivity index (χ2v) is 9.70. The molecule has 1 aliphatic rings. The number of ketones is 1. The van der Waals surface area contributed by atoms with E-state index in [1.165, 1.54) is 11.8 Å². The zero-order valence-electron chi connectivity index (χ0n) is 20.4. The van der Waals surface area contributed by atoms with Crippen molar-refractivity contribution in [2.24, 2.45) is 0 Å². The molecule has 0 aliphatic carbocycles. The van der Waals surface area contributed by atoms with Crippen molar-refractivity contribution in [2.45, 2.75) is 19.9 Å². The first kappa shape index (κ1) is 25.2. The molecule has 3 aromatic carbocycles. The number of hydrogen-bond donors (Lipinski definition) is 2. The SMILES string of the molecule is CC(=O)Nc1ccc(N2C(=O)C(=O)/C(=C(\O)c3ccc(Br)c(C)c3)C2c2ccc(N(C)C)cc2)cc1. The molecule has 2 N–H and O–H groups in total. The van der Waals surface area contributed by atoms with Crippen molar-refractivity contribution in [1.29, 1.82) is 0 Å². The Morgan fingerprint density at radius 2 is 1.64 bits per heavy atom. The van der Waals surface area contributed by atoms with Crippen molar-refractivity contribution < 1.29 is 19.5 Å². The van der Waals surface area contributed by atoms with Crippen molar-refractivity contribution in [3.05, 3.63) is 93.5 Å². The second kappa shape index (κ2) is 9.99. The molecular weight excluding hydrogens is 522 g/mol. The summed E-state index contributed by atoms with van der Waals surface area (Å²) in [5, 5.41) is 14.0. The van der Waals surface area contributed by atoms with Gasteiger partial charge >= 0.3 is 0 Å². The van der Waals surface area contributed by atoms with Gasteiger partial charge in [0.25, 0.3) is 11.7 Å². The third kappa shape index (κ3) is 4.77. The lowest BCUT2D eigenvalue weighted by molar-refractivity contribution is -0.132. The van der Waals surface area contributed by atoms with Gasteiger partial charge in [0.1, 0.15) is 5.76 Å². The van der Waals surface area contributed by atoms with Crippen LogP contribution in [0.4, 0.5) is 17.1 Å². The predicted octanol–water partition coefficient (Wildman–Crippen LogP) is 5.41. The van der Waals surface area contributed by atoms with Crippen molar-refractivity contribution in [3.63, 3.8) is 0 Å². The molecule has 4 rings (SSSR count). The monoisotopic (exact) mass is 547 g/mol. The Morgan fingerprint density at radius 1 is 1.00 bits per heavy atom. The molecule has 1 unspecified atom stereocenters. The summed E-state index contributed by atoms with van der Waals surface area (Å²) >= 11 is 3.45. The number of hydrogen-bond acceptors (Lipinski definition) is 5. The maximum absolute atomic E-state index is 13.3. The smallest absolute Gasteiger partial charge is 0.300 e. The number of carbonyl (C=O) groups is 3. The number of halogens is 1. The summed E-state index contributed by atoms with van der Waals surface area (Å²) in [7, 11) is 3.85. The fraction of sp³-hybridized carbons (Fsp3) is 0.179. The summed E-state index contributed by atoms with van der Waals surface area (Å²) in [4.78, 5) is 41.4. The lowest BCUT2D eigenvalue weighted by atomic mass is 9.94. The normalized spacial score (nSPS) is 16.8. The number of nitrogens with one attached hydrogen (secondary N) is 1. The molecule has 2 amide bonds. The summed E-state index contributed by atoms with van der Waals surface area (Å²) in [6.45, 7) is 3.29. The first-order valence-electron chi connectivity index (χ1n) is 11.3. The summed E-state index contributed by atoms with van der Waals surface area (Å²) in [5.41, 5.74) is 4.03. The molecule has 1 fully saturated rings. The number of aryl methyl sites for hydroxylation is 1. The van der Waals surface area contributed by atoms with Crippen LogP contribution in [0.15, 0.2) is 76.8 Å². The van der Waals surface area contributed by atoms with Gasteiger partial charge in [0.15, 0.2) is 0 Å². The standard InChI is InChI=1S/C28H26BrN3O4/c1-16-15-19(7-14-23(16)29)26(34)24-25(18-5-10-21(11-6-18)31(3)4)32(28(36)27(24)35)22-12-8-20(9-13-22)30-17(2)33/h5-15,25,34H,1-4H3,(H,30,33)/b26-24-. The minimum atomic E-state index is -0.836. The van der Waals surface area contributed by atoms with E-state index in [-0.39, 0.29) is 17.2 Å². The number of rotatable bonds is 5. The van der Waals surface area contributed by atoms with Gasteiger partial charge in [-0.2, -0.15) is 0 Å². The number of aliphatic hydroxyl groups is 1. The van der Waals surface area contributed by atoms with Crippen LogP contribution in [0.3, 0.4) is 0 Å². The second-order valence-electron chi connectivity index (χ2n) is 8.85. The molecule has 0 bridgehead atoms. The minimum absolute atomic E-state index is 0.0188. The Morgan fingerprint density at radius 3 is 2.19 bits per heavy atom. The molecule has 184 valence electrons. The Balaban J connectivity index is 1.88. The number of aliphatic hydroxyl groups excluding tert-OH is 1. The van der Waals surface area contributed by atoms with Crippen LogP contribution in [0, 0.1) is 6.92 Å². The van der Waals surface area contributed by atoms with E-state index in [4.69, 9.17) is 0 Å². The molecule has 0 radical (unpaired) electrons. The Bertz CT molecular complexity index is 1380. The highest BCUT2D eigenvalue weighted by atomic mass is 79.9. The van der Waals surface area contributed by atoms with Gasteiger partial charge < -0.3 is 15.3 Å². The largest absolute Gasteiger partial charge is 0.507 e. The summed E-state index contributed by atoms with van der Waals surface area (Å²) in [5.74, 6) is -1.95.